The molecule has 1 aliphatic carbocycles. The lowest BCUT2D eigenvalue weighted by Gasteiger charge is -2.19. The van der Waals surface area contributed by atoms with Crippen LogP contribution in [0.4, 0.5) is 10.5 Å². The highest BCUT2D eigenvalue weighted by atomic mass is 35.5. The molecule has 0 saturated heterocycles. The molecular weight excluding hydrogens is 280 g/mol. The molecule has 0 radical (unpaired) electrons. The number of benzene rings is 1. The topological polar surface area (TPSA) is 78.4 Å². The van der Waals surface area contributed by atoms with Gasteiger partial charge in [-0.05, 0) is 37.5 Å². The second-order valence-electron chi connectivity index (χ2n) is 4.58. The zero-order chi connectivity index (χ0) is 14.5. The molecule has 1 unspecified atom stereocenters. The largest absolute Gasteiger partial charge is 0.478 e. The number of carbonyl (C=O) groups excluding carboxylic acids is 1. The molecule has 5 nitrogen and oxygen atoms in total. The highest BCUT2D eigenvalue weighted by Crippen LogP contribution is 2.20. The highest BCUT2D eigenvalue weighted by molar-refractivity contribution is 6.33. The smallest absolute Gasteiger partial charge is 0.337 e. The lowest BCUT2D eigenvalue weighted by molar-refractivity contribution is 0.0697. The quantitative estimate of drug-likeness (QED) is 0.749. The summed E-state index contributed by atoms with van der Waals surface area (Å²) in [4.78, 5) is 22.8. The number of anilines is 1. The molecule has 2 amide bonds. The van der Waals surface area contributed by atoms with E-state index in [-0.39, 0.29) is 22.7 Å². The first-order chi connectivity index (χ1) is 9.56. The zero-order valence-corrected chi connectivity index (χ0v) is 11.5. The predicted molar refractivity (Wildman–Crippen MR) is 77.3 cm³/mol. The fraction of sp³-hybridized carbons (Fsp3) is 0.286. The molecule has 0 aliphatic heterocycles. The van der Waals surface area contributed by atoms with E-state index < -0.39 is 5.97 Å². The van der Waals surface area contributed by atoms with Crippen molar-refractivity contribution in [2.75, 3.05) is 5.32 Å². The third-order valence-corrected chi connectivity index (χ3v) is 3.39. The van der Waals surface area contributed by atoms with E-state index in [1.165, 1.54) is 12.1 Å². The lowest BCUT2D eigenvalue weighted by atomic mass is 10.0. The number of hydrogen-bond acceptors (Lipinski definition) is 2. The molecule has 6 heteroatoms. The van der Waals surface area contributed by atoms with Crippen LogP contribution in [0.3, 0.4) is 0 Å². The number of carboxylic acids is 1. The number of amides is 2. The van der Waals surface area contributed by atoms with Crippen LogP contribution in [-0.2, 0) is 0 Å². The second-order valence-corrected chi connectivity index (χ2v) is 4.99. The molecule has 0 saturated carbocycles. The Morgan fingerprint density at radius 3 is 2.75 bits per heavy atom. The maximum atomic E-state index is 11.8. The summed E-state index contributed by atoms with van der Waals surface area (Å²) in [5.41, 5.74) is 0.362. The van der Waals surface area contributed by atoms with Gasteiger partial charge in [-0.25, -0.2) is 9.59 Å². The molecule has 1 atom stereocenters. The lowest BCUT2D eigenvalue weighted by Crippen LogP contribution is -2.38. The second kappa shape index (κ2) is 6.43. The number of rotatable bonds is 3. The Kier molecular flexibility index (Phi) is 4.63. The Morgan fingerprint density at radius 2 is 2.10 bits per heavy atom. The molecule has 0 fully saturated rings. The molecule has 3 N–H and O–H groups in total. The summed E-state index contributed by atoms with van der Waals surface area (Å²) in [6, 6.07) is 4.12. The maximum absolute atomic E-state index is 11.8. The van der Waals surface area contributed by atoms with E-state index in [9.17, 15) is 9.59 Å². The standard InChI is InChI=1S/C14H15ClN2O3/c15-12-7-6-10(8-11(12)13(18)19)17-14(20)16-9-4-2-1-3-5-9/h1-2,6-9H,3-5H2,(H,18,19)(H2,16,17,20). The fourth-order valence-electron chi connectivity index (χ4n) is 2.04. The van der Waals surface area contributed by atoms with E-state index in [2.05, 4.69) is 16.7 Å². The number of aromatic carboxylic acids is 1. The van der Waals surface area contributed by atoms with Gasteiger partial charge in [0.1, 0.15) is 0 Å². The van der Waals surface area contributed by atoms with Gasteiger partial charge < -0.3 is 15.7 Å². The van der Waals surface area contributed by atoms with Gasteiger partial charge in [-0.3, -0.25) is 0 Å². The Labute approximate surface area is 121 Å². The normalized spacial score (nSPS) is 17.6. The van der Waals surface area contributed by atoms with Crippen LogP contribution in [0, 0.1) is 0 Å². The minimum atomic E-state index is -1.13. The minimum absolute atomic E-state index is 0.0370. The van der Waals surface area contributed by atoms with E-state index >= 15 is 0 Å². The van der Waals surface area contributed by atoms with Gasteiger partial charge in [-0.2, -0.15) is 0 Å². The molecule has 106 valence electrons. The zero-order valence-electron chi connectivity index (χ0n) is 10.7. The summed E-state index contributed by atoms with van der Waals surface area (Å²) >= 11 is 5.77. The number of nitrogens with one attached hydrogen (secondary N) is 2. The molecule has 20 heavy (non-hydrogen) atoms. The van der Waals surface area contributed by atoms with E-state index in [1.807, 2.05) is 6.08 Å². The SMILES string of the molecule is O=C(Nc1ccc(Cl)c(C(=O)O)c1)NC1CC=CCC1. The van der Waals surface area contributed by atoms with Gasteiger partial charge >= 0.3 is 12.0 Å². The van der Waals surface area contributed by atoms with Crippen molar-refractivity contribution in [2.24, 2.45) is 0 Å². The third-order valence-electron chi connectivity index (χ3n) is 3.06. The van der Waals surface area contributed by atoms with E-state index in [1.54, 1.807) is 6.07 Å². The molecular formula is C14H15ClN2O3. The van der Waals surface area contributed by atoms with Crippen LogP contribution in [0.25, 0.3) is 0 Å². The molecule has 2 rings (SSSR count). The molecule has 0 heterocycles. The summed E-state index contributed by atoms with van der Waals surface area (Å²) in [7, 11) is 0. The van der Waals surface area contributed by atoms with Gasteiger partial charge in [0.15, 0.2) is 0 Å². The summed E-state index contributed by atoms with van der Waals surface area (Å²) in [5.74, 6) is -1.13. The number of halogens is 1. The summed E-state index contributed by atoms with van der Waals surface area (Å²) in [5, 5.41) is 14.6. The van der Waals surface area contributed by atoms with E-state index in [4.69, 9.17) is 16.7 Å². The highest BCUT2D eigenvalue weighted by Gasteiger charge is 2.14. The van der Waals surface area contributed by atoms with Crippen LogP contribution in [0.2, 0.25) is 5.02 Å². The Hall–Kier alpha value is -2.01. The molecule has 1 aromatic rings. The maximum Gasteiger partial charge on any atom is 0.337 e. The van der Waals surface area contributed by atoms with Crippen LogP contribution in [-0.4, -0.2) is 23.1 Å². The van der Waals surface area contributed by atoms with Crippen molar-refractivity contribution in [1.29, 1.82) is 0 Å². The van der Waals surface area contributed by atoms with Gasteiger partial charge in [0.25, 0.3) is 0 Å². The van der Waals surface area contributed by atoms with Crippen molar-refractivity contribution in [3.63, 3.8) is 0 Å². The number of hydrogen-bond donors (Lipinski definition) is 3. The summed E-state index contributed by atoms with van der Waals surface area (Å²) in [6.07, 6.45) is 6.81. The van der Waals surface area contributed by atoms with Crippen molar-refractivity contribution in [3.8, 4) is 0 Å². The third kappa shape index (κ3) is 3.74. The van der Waals surface area contributed by atoms with E-state index in [0.29, 0.717) is 5.69 Å². The number of carboxylic acid groups (broad SMARTS) is 1. The van der Waals surface area contributed by atoms with Crippen molar-refractivity contribution in [2.45, 2.75) is 25.3 Å². The van der Waals surface area contributed by atoms with Gasteiger partial charge in [-0.1, -0.05) is 23.8 Å². The van der Waals surface area contributed by atoms with E-state index in [0.717, 1.165) is 19.3 Å². The predicted octanol–water partition coefficient (Wildman–Crippen LogP) is 3.27. The van der Waals surface area contributed by atoms with Gasteiger partial charge in [-0.15, -0.1) is 0 Å². The van der Waals surface area contributed by atoms with Crippen molar-refractivity contribution in [1.82, 2.24) is 5.32 Å². The molecule has 1 aliphatic rings. The van der Waals surface area contributed by atoms with Crippen molar-refractivity contribution >= 4 is 29.3 Å². The Morgan fingerprint density at radius 1 is 1.30 bits per heavy atom. The molecule has 0 aromatic heterocycles. The molecule has 1 aromatic carbocycles. The average molecular weight is 295 g/mol. The van der Waals surface area contributed by atoms with Crippen LogP contribution >= 0.6 is 11.6 Å². The van der Waals surface area contributed by atoms with Crippen LogP contribution in [0.1, 0.15) is 29.6 Å². The van der Waals surface area contributed by atoms with Gasteiger partial charge in [0.05, 0.1) is 10.6 Å². The minimum Gasteiger partial charge on any atom is -0.478 e. The molecule has 0 bridgehead atoms. The Bertz CT molecular complexity index is 557. The number of allylic oxidation sites excluding steroid dienone is 1. The first-order valence-electron chi connectivity index (χ1n) is 6.31. The Balaban J connectivity index is 1.98. The average Bonchev–Trinajstić information content (AvgIpc) is 2.41. The number of carbonyl (C=O) groups is 2. The van der Waals surface area contributed by atoms with Gasteiger partial charge in [0, 0.05) is 11.7 Å². The first kappa shape index (κ1) is 14.4. The summed E-state index contributed by atoms with van der Waals surface area (Å²) in [6.45, 7) is 0. The fourth-order valence-corrected chi connectivity index (χ4v) is 2.24. The van der Waals surface area contributed by atoms with Crippen molar-refractivity contribution in [3.05, 3.63) is 40.9 Å². The van der Waals surface area contributed by atoms with Crippen LogP contribution in [0.5, 0.6) is 0 Å². The summed E-state index contributed by atoms with van der Waals surface area (Å²) < 4.78 is 0. The van der Waals surface area contributed by atoms with Crippen LogP contribution in [0.15, 0.2) is 30.4 Å². The van der Waals surface area contributed by atoms with Gasteiger partial charge in [0.2, 0.25) is 0 Å². The van der Waals surface area contributed by atoms with Crippen LogP contribution < -0.4 is 10.6 Å². The molecule has 0 spiro atoms. The first-order valence-corrected chi connectivity index (χ1v) is 6.69. The number of urea groups is 1. The van der Waals surface area contributed by atoms with Crippen molar-refractivity contribution < 1.29 is 14.7 Å². The monoisotopic (exact) mass is 294 g/mol.